The summed E-state index contributed by atoms with van der Waals surface area (Å²) in [4.78, 5) is 12.3. The smallest absolute Gasteiger partial charge is 0.292 e. The largest absolute Gasteiger partial charge is 0.364 e. The second-order valence-electron chi connectivity index (χ2n) is 6.57. The topological polar surface area (TPSA) is 88.5 Å². The van der Waals surface area contributed by atoms with E-state index in [-0.39, 0.29) is 11.6 Å². The summed E-state index contributed by atoms with van der Waals surface area (Å²) < 4.78 is 1.61. The van der Waals surface area contributed by atoms with E-state index >= 15 is 0 Å². The number of aromatic nitrogens is 5. The molecular weight excluding hydrogens is 340 g/mol. The van der Waals surface area contributed by atoms with Crippen LogP contribution in [0.3, 0.4) is 0 Å². The van der Waals surface area contributed by atoms with Crippen molar-refractivity contribution in [3.63, 3.8) is 0 Å². The molecule has 0 saturated carbocycles. The van der Waals surface area contributed by atoms with Crippen LogP contribution in [0.25, 0.3) is 11.0 Å². The van der Waals surface area contributed by atoms with E-state index in [4.69, 9.17) is 0 Å². The first-order valence-corrected chi connectivity index (χ1v) is 8.87. The lowest BCUT2D eigenvalue weighted by molar-refractivity contribution is 0.667. The fraction of sp³-hybridized carbons (Fsp3) is 0.200. The molecule has 7 heteroatoms. The number of anilines is 1. The molecule has 4 aromatic rings. The molecule has 0 fully saturated rings. The summed E-state index contributed by atoms with van der Waals surface area (Å²) in [6.45, 7) is 2.55. The Morgan fingerprint density at radius 3 is 2.41 bits per heavy atom. The molecule has 4 rings (SSSR count). The summed E-state index contributed by atoms with van der Waals surface area (Å²) in [5.74, 6) is 0.535. The molecule has 0 aliphatic carbocycles. The molecule has 2 heterocycles. The molecule has 7 nitrogen and oxygen atoms in total. The van der Waals surface area contributed by atoms with Crippen molar-refractivity contribution in [3.8, 4) is 0 Å². The third-order valence-electron chi connectivity index (χ3n) is 4.39. The molecule has 2 aromatic heterocycles. The Balaban J connectivity index is 1.61. The van der Waals surface area contributed by atoms with Gasteiger partial charge in [0.25, 0.3) is 5.56 Å². The molecule has 1 atom stereocenters. The zero-order chi connectivity index (χ0) is 18.6. The minimum Gasteiger partial charge on any atom is -0.364 e. The van der Waals surface area contributed by atoms with E-state index in [9.17, 15) is 4.79 Å². The van der Waals surface area contributed by atoms with Crippen molar-refractivity contribution in [2.24, 2.45) is 0 Å². The van der Waals surface area contributed by atoms with Gasteiger partial charge in [0.2, 0.25) is 0 Å². The highest BCUT2D eigenvalue weighted by Gasteiger charge is 2.16. The van der Waals surface area contributed by atoms with Crippen LogP contribution in [-0.2, 0) is 13.0 Å². The molecule has 136 valence electrons. The molecule has 0 aliphatic heterocycles. The van der Waals surface area contributed by atoms with Crippen LogP contribution >= 0.6 is 0 Å². The van der Waals surface area contributed by atoms with Gasteiger partial charge >= 0.3 is 0 Å². The summed E-state index contributed by atoms with van der Waals surface area (Å²) in [5.41, 5.74) is 2.88. The van der Waals surface area contributed by atoms with Crippen molar-refractivity contribution in [2.75, 3.05) is 5.32 Å². The molecule has 0 spiro atoms. The first-order chi connectivity index (χ1) is 13.2. The highest BCUT2D eigenvalue weighted by Crippen LogP contribution is 2.17. The number of hydrogen-bond donors (Lipinski definition) is 2. The van der Waals surface area contributed by atoms with Crippen LogP contribution in [0.1, 0.15) is 18.1 Å². The average molecular weight is 360 g/mol. The highest BCUT2D eigenvalue weighted by atomic mass is 16.1. The second kappa shape index (κ2) is 7.41. The Labute approximate surface area is 156 Å². The van der Waals surface area contributed by atoms with Crippen molar-refractivity contribution in [1.29, 1.82) is 0 Å². The molecule has 0 bridgehead atoms. The molecule has 0 radical (unpaired) electrons. The van der Waals surface area contributed by atoms with Gasteiger partial charge < -0.3 is 5.32 Å². The van der Waals surface area contributed by atoms with Gasteiger partial charge in [-0.2, -0.15) is 5.10 Å². The summed E-state index contributed by atoms with van der Waals surface area (Å²) in [6, 6.07) is 20.2. The van der Waals surface area contributed by atoms with Gasteiger partial charge in [-0.1, -0.05) is 65.9 Å². The lowest BCUT2D eigenvalue weighted by Crippen LogP contribution is -2.22. The van der Waals surface area contributed by atoms with E-state index in [0.29, 0.717) is 23.4 Å². The number of fused-ring (bicyclic) bond motifs is 1. The third-order valence-corrected chi connectivity index (χ3v) is 4.39. The molecule has 0 aliphatic rings. The number of nitrogens with one attached hydrogen (secondary N) is 2. The molecule has 2 aromatic carbocycles. The van der Waals surface area contributed by atoms with Gasteiger partial charge in [0.05, 0.1) is 6.54 Å². The van der Waals surface area contributed by atoms with Gasteiger partial charge in [-0.15, -0.1) is 5.10 Å². The second-order valence-corrected chi connectivity index (χ2v) is 6.57. The Bertz CT molecular complexity index is 1090. The number of rotatable bonds is 6. The normalized spacial score (nSPS) is 12.2. The number of nitrogens with zero attached hydrogens (tertiary/aromatic N) is 4. The summed E-state index contributed by atoms with van der Waals surface area (Å²) >= 11 is 0. The standard InChI is InChI=1S/C20H20N6O/c1-14(12-15-8-4-2-5-9-15)21-19-17-18(20(27)24-23-19)26(25-22-17)13-16-10-6-3-7-11-16/h2-11,14H,12-13H2,1H3,(H,21,23)(H,24,27)/t14-/m0/s1. The van der Waals surface area contributed by atoms with E-state index in [2.05, 4.69) is 44.9 Å². The predicted octanol–water partition coefficient (Wildman–Crippen LogP) is 2.61. The van der Waals surface area contributed by atoms with Crippen LogP contribution in [0.4, 0.5) is 5.82 Å². The summed E-state index contributed by atoms with van der Waals surface area (Å²) in [6.07, 6.45) is 0.835. The Morgan fingerprint density at radius 1 is 1.04 bits per heavy atom. The minimum absolute atomic E-state index is 0.119. The van der Waals surface area contributed by atoms with Gasteiger partial charge in [-0.05, 0) is 24.5 Å². The Kier molecular flexibility index (Phi) is 4.65. The number of hydrogen-bond acceptors (Lipinski definition) is 5. The minimum atomic E-state index is -0.299. The van der Waals surface area contributed by atoms with Crippen molar-refractivity contribution < 1.29 is 0 Å². The summed E-state index contributed by atoms with van der Waals surface area (Å²) in [7, 11) is 0. The van der Waals surface area contributed by atoms with E-state index in [1.807, 2.05) is 48.5 Å². The molecule has 0 amide bonds. The van der Waals surface area contributed by atoms with Gasteiger partial charge in [0.15, 0.2) is 16.9 Å². The van der Waals surface area contributed by atoms with Crippen LogP contribution in [-0.4, -0.2) is 31.2 Å². The maximum Gasteiger partial charge on any atom is 0.292 e. The molecular formula is C20H20N6O. The highest BCUT2D eigenvalue weighted by molar-refractivity contribution is 5.84. The molecule has 27 heavy (non-hydrogen) atoms. The Morgan fingerprint density at radius 2 is 1.70 bits per heavy atom. The molecule has 0 saturated heterocycles. The van der Waals surface area contributed by atoms with Crippen molar-refractivity contribution in [1.82, 2.24) is 25.2 Å². The number of aromatic amines is 1. The van der Waals surface area contributed by atoms with Crippen molar-refractivity contribution in [2.45, 2.75) is 25.9 Å². The van der Waals surface area contributed by atoms with E-state index in [1.54, 1.807) is 4.68 Å². The Hall–Kier alpha value is -3.48. The lowest BCUT2D eigenvalue weighted by atomic mass is 10.1. The van der Waals surface area contributed by atoms with Crippen LogP contribution < -0.4 is 10.9 Å². The van der Waals surface area contributed by atoms with Crippen LogP contribution in [0.2, 0.25) is 0 Å². The lowest BCUT2D eigenvalue weighted by Gasteiger charge is -2.14. The average Bonchev–Trinajstić information content (AvgIpc) is 3.10. The van der Waals surface area contributed by atoms with Crippen LogP contribution in [0.5, 0.6) is 0 Å². The van der Waals surface area contributed by atoms with Gasteiger partial charge in [-0.25, -0.2) is 9.78 Å². The molecule has 2 N–H and O–H groups in total. The number of benzene rings is 2. The first kappa shape index (κ1) is 17.0. The third kappa shape index (κ3) is 3.72. The quantitative estimate of drug-likeness (QED) is 0.552. The van der Waals surface area contributed by atoms with Crippen LogP contribution in [0, 0.1) is 0 Å². The fourth-order valence-corrected chi connectivity index (χ4v) is 3.13. The maximum atomic E-state index is 12.3. The SMILES string of the molecule is C[C@@H](Cc1ccccc1)Nc1n[nH]c(=O)c2c1nnn2Cc1ccccc1. The van der Waals surface area contributed by atoms with E-state index in [0.717, 1.165) is 12.0 Å². The maximum absolute atomic E-state index is 12.3. The summed E-state index contributed by atoms with van der Waals surface area (Å²) in [5, 5.41) is 18.4. The monoisotopic (exact) mass is 360 g/mol. The first-order valence-electron chi connectivity index (χ1n) is 8.87. The van der Waals surface area contributed by atoms with Crippen molar-refractivity contribution >= 4 is 16.9 Å². The number of H-pyrrole nitrogens is 1. The van der Waals surface area contributed by atoms with Crippen LogP contribution in [0.15, 0.2) is 65.5 Å². The van der Waals surface area contributed by atoms with Gasteiger partial charge in [0, 0.05) is 6.04 Å². The van der Waals surface area contributed by atoms with Gasteiger partial charge in [0.1, 0.15) is 0 Å². The zero-order valence-electron chi connectivity index (χ0n) is 15.0. The van der Waals surface area contributed by atoms with Crippen molar-refractivity contribution in [3.05, 3.63) is 82.1 Å². The van der Waals surface area contributed by atoms with E-state index in [1.165, 1.54) is 5.56 Å². The zero-order valence-corrected chi connectivity index (χ0v) is 15.0. The van der Waals surface area contributed by atoms with E-state index < -0.39 is 0 Å². The van der Waals surface area contributed by atoms with Gasteiger partial charge in [-0.3, -0.25) is 4.79 Å². The fourth-order valence-electron chi connectivity index (χ4n) is 3.13. The molecule has 0 unspecified atom stereocenters. The predicted molar refractivity (Wildman–Crippen MR) is 105 cm³/mol.